The zero-order chi connectivity index (χ0) is 16.9. The zero-order valence-electron chi connectivity index (χ0n) is 12.5. The van der Waals surface area contributed by atoms with Crippen molar-refractivity contribution in [3.8, 4) is 0 Å². The Kier molecular flexibility index (Phi) is 4.29. The summed E-state index contributed by atoms with van der Waals surface area (Å²) in [6.07, 6.45) is 1.58. The molecule has 0 bridgehead atoms. The average Bonchev–Trinajstić information content (AvgIpc) is 2.62. The van der Waals surface area contributed by atoms with Gasteiger partial charge in [-0.3, -0.25) is 14.9 Å². The number of benzene rings is 3. The van der Waals surface area contributed by atoms with Crippen molar-refractivity contribution in [2.45, 2.75) is 0 Å². The third kappa shape index (κ3) is 3.27. The van der Waals surface area contributed by atoms with Crippen molar-refractivity contribution < 1.29 is 9.72 Å². The molecule has 0 atom stereocenters. The van der Waals surface area contributed by atoms with Crippen LogP contribution >= 0.6 is 0 Å². The highest BCUT2D eigenvalue weighted by molar-refractivity contribution is 6.00. The molecule has 0 unspecified atom stereocenters. The Morgan fingerprint density at radius 1 is 1.00 bits per heavy atom. The van der Waals surface area contributed by atoms with Crippen molar-refractivity contribution in [3.05, 3.63) is 88.0 Å². The number of amides is 1. The summed E-state index contributed by atoms with van der Waals surface area (Å²) >= 11 is 0. The molecule has 0 radical (unpaired) electrons. The Balaban J connectivity index is 1.73. The van der Waals surface area contributed by atoms with Crippen LogP contribution in [-0.2, 0) is 0 Å². The van der Waals surface area contributed by atoms with Gasteiger partial charge in [0.2, 0.25) is 0 Å². The largest absolute Gasteiger partial charge is 0.271 e. The molecule has 0 saturated carbocycles. The summed E-state index contributed by atoms with van der Waals surface area (Å²) in [7, 11) is 0. The fraction of sp³-hybridized carbons (Fsp3) is 0. The van der Waals surface area contributed by atoms with Crippen molar-refractivity contribution in [2.24, 2.45) is 5.10 Å². The van der Waals surface area contributed by atoms with Crippen LogP contribution in [0.3, 0.4) is 0 Å². The third-order valence-electron chi connectivity index (χ3n) is 3.53. The fourth-order valence-electron chi connectivity index (χ4n) is 2.32. The molecule has 1 amide bonds. The van der Waals surface area contributed by atoms with E-state index in [0.717, 1.165) is 16.3 Å². The quantitative estimate of drug-likeness (QED) is 0.453. The maximum Gasteiger partial charge on any atom is 0.271 e. The lowest BCUT2D eigenvalue weighted by Crippen LogP contribution is -2.17. The van der Waals surface area contributed by atoms with E-state index in [2.05, 4.69) is 10.5 Å². The SMILES string of the molecule is O=C(N/N=C/c1cccc2ccccc12)c1ccc([N+](=O)[O-])cc1. The number of hydrogen-bond acceptors (Lipinski definition) is 4. The minimum absolute atomic E-state index is 0.0641. The van der Waals surface area contributed by atoms with Gasteiger partial charge in [-0.05, 0) is 22.9 Å². The molecule has 1 N–H and O–H groups in total. The van der Waals surface area contributed by atoms with E-state index in [-0.39, 0.29) is 5.69 Å². The molecule has 3 aromatic rings. The monoisotopic (exact) mass is 319 g/mol. The Morgan fingerprint density at radius 3 is 2.46 bits per heavy atom. The number of nitrogens with zero attached hydrogens (tertiary/aromatic N) is 2. The summed E-state index contributed by atoms with van der Waals surface area (Å²) in [6, 6.07) is 19.0. The van der Waals surface area contributed by atoms with Crippen LogP contribution in [0.25, 0.3) is 10.8 Å². The topological polar surface area (TPSA) is 84.6 Å². The van der Waals surface area contributed by atoms with Gasteiger partial charge >= 0.3 is 0 Å². The number of carbonyl (C=O) groups excluding carboxylic acids is 1. The first kappa shape index (κ1) is 15.4. The number of rotatable bonds is 4. The zero-order valence-corrected chi connectivity index (χ0v) is 12.5. The van der Waals surface area contributed by atoms with Crippen LogP contribution in [0.1, 0.15) is 15.9 Å². The number of nitro benzene ring substituents is 1. The van der Waals surface area contributed by atoms with Gasteiger partial charge < -0.3 is 0 Å². The normalized spacial score (nSPS) is 10.8. The highest BCUT2D eigenvalue weighted by atomic mass is 16.6. The number of hydrogen-bond donors (Lipinski definition) is 1. The van der Waals surface area contributed by atoms with E-state index in [0.29, 0.717) is 5.56 Å². The molecule has 0 heterocycles. The van der Waals surface area contributed by atoms with Gasteiger partial charge in [-0.25, -0.2) is 5.43 Å². The minimum Gasteiger partial charge on any atom is -0.267 e. The number of carbonyl (C=O) groups is 1. The molecule has 3 rings (SSSR count). The Hall–Kier alpha value is -3.54. The van der Waals surface area contributed by atoms with E-state index in [1.807, 2.05) is 42.5 Å². The standard InChI is InChI=1S/C18H13N3O3/c22-18(14-8-10-16(11-9-14)21(23)24)20-19-12-15-6-3-5-13-4-1-2-7-17(13)15/h1-12H,(H,20,22)/b19-12+. The van der Waals surface area contributed by atoms with Gasteiger partial charge in [0.25, 0.3) is 11.6 Å². The summed E-state index contributed by atoms with van der Waals surface area (Å²) in [5.74, 6) is -0.429. The van der Waals surface area contributed by atoms with Gasteiger partial charge in [0.05, 0.1) is 11.1 Å². The molecule has 24 heavy (non-hydrogen) atoms. The van der Waals surface area contributed by atoms with Crippen LogP contribution in [0.5, 0.6) is 0 Å². The number of hydrazone groups is 1. The Morgan fingerprint density at radius 2 is 1.71 bits per heavy atom. The first-order valence-electron chi connectivity index (χ1n) is 7.21. The van der Waals surface area contributed by atoms with Gasteiger partial charge in [0.1, 0.15) is 0 Å². The average molecular weight is 319 g/mol. The molecule has 0 aliphatic heterocycles. The van der Waals surface area contributed by atoms with Gasteiger partial charge in [-0.15, -0.1) is 0 Å². The van der Waals surface area contributed by atoms with Gasteiger partial charge in [-0.1, -0.05) is 42.5 Å². The highest BCUT2D eigenvalue weighted by Gasteiger charge is 2.08. The van der Waals surface area contributed by atoms with E-state index in [9.17, 15) is 14.9 Å². The number of fused-ring (bicyclic) bond motifs is 1. The lowest BCUT2D eigenvalue weighted by molar-refractivity contribution is -0.384. The van der Waals surface area contributed by atoms with Crippen LogP contribution in [-0.4, -0.2) is 17.0 Å². The Bertz CT molecular complexity index is 928. The van der Waals surface area contributed by atoms with E-state index < -0.39 is 10.8 Å². The van der Waals surface area contributed by atoms with Crippen LogP contribution in [0.4, 0.5) is 5.69 Å². The summed E-state index contributed by atoms with van der Waals surface area (Å²) in [5, 5.41) is 16.7. The van der Waals surface area contributed by atoms with Gasteiger partial charge in [-0.2, -0.15) is 5.10 Å². The van der Waals surface area contributed by atoms with E-state index >= 15 is 0 Å². The van der Waals surface area contributed by atoms with Crippen LogP contribution in [0.15, 0.2) is 71.8 Å². The predicted molar refractivity (Wildman–Crippen MR) is 92.1 cm³/mol. The van der Waals surface area contributed by atoms with E-state index in [1.165, 1.54) is 24.3 Å². The highest BCUT2D eigenvalue weighted by Crippen LogP contribution is 2.16. The third-order valence-corrected chi connectivity index (χ3v) is 3.53. The van der Waals surface area contributed by atoms with Crippen LogP contribution < -0.4 is 5.43 Å². The Labute approximate surface area is 137 Å². The summed E-state index contributed by atoms with van der Waals surface area (Å²) in [6.45, 7) is 0. The summed E-state index contributed by atoms with van der Waals surface area (Å²) < 4.78 is 0. The molecule has 0 saturated heterocycles. The van der Waals surface area contributed by atoms with Crippen LogP contribution in [0.2, 0.25) is 0 Å². The first-order valence-corrected chi connectivity index (χ1v) is 7.21. The molecule has 3 aromatic carbocycles. The first-order chi connectivity index (χ1) is 11.6. The second-order valence-electron chi connectivity index (χ2n) is 5.07. The smallest absolute Gasteiger partial charge is 0.267 e. The maximum absolute atomic E-state index is 12.0. The molecule has 6 heteroatoms. The molecule has 0 spiro atoms. The fourth-order valence-corrected chi connectivity index (χ4v) is 2.32. The molecular formula is C18H13N3O3. The van der Waals surface area contributed by atoms with Crippen molar-refractivity contribution >= 4 is 28.6 Å². The number of non-ortho nitro benzene ring substituents is 1. The van der Waals surface area contributed by atoms with E-state index in [1.54, 1.807) is 6.21 Å². The minimum atomic E-state index is -0.514. The van der Waals surface area contributed by atoms with Crippen molar-refractivity contribution in [3.63, 3.8) is 0 Å². The predicted octanol–water partition coefficient (Wildman–Crippen LogP) is 3.51. The molecule has 6 nitrogen and oxygen atoms in total. The number of nitro groups is 1. The molecular weight excluding hydrogens is 306 g/mol. The molecule has 0 fully saturated rings. The molecule has 0 aliphatic carbocycles. The number of nitrogens with one attached hydrogen (secondary N) is 1. The van der Waals surface area contributed by atoms with Crippen molar-refractivity contribution in [1.29, 1.82) is 0 Å². The molecule has 0 aromatic heterocycles. The van der Waals surface area contributed by atoms with Crippen molar-refractivity contribution in [2.75, 3.05) is 0 Å². The lowest BCUT2D eigenvalue weighted by Gasteiger charge is -2.02. The molecule has 0 aliphatic rings. The van der Waals surface area contributed by atoms with Crippen molar-refractivity contribution in [1.82, 2.24) is 5.43 Å². The lowest BCUT2D eigenvalue weighted by atomic mass is 10.1. The molecule has 118 valence electrons. The van der Waals surface area contributed by atoms with Gasteiger partial charge in [0, 0.05) is 23.3 Å². The summed E-state index contributed by atoms with van der Waals surface area (Å²) in [5.41, 5.74) is 3.55. The summed E-state index contributed by atoms with van der Waals surface area (Å²) in [4.78, 5) is 22.1. The second-order valence-corrected chi connectivity index (χ2v) is 5.07. The van der Waals surface area contributed by atoms with Crippen LogP contribution in [0, 0.1) is 10.1 Å². The van der Waals surface area contributed by atoms with E-state index in [4.69, 9.17) is 0 Å². The van der Waals surface area contributed by atoms with Gasteiger partial charge in [0.15, 0.2) is 0 Å². The maximum atomic E-state index is 12.0. The second kappa shape index (κ2) is 6.70.